The normalized spacial score (nSPS) is 10.7. The van der Waals surface area contributed by atoms with Crippen LogP contribution in [0.2, 0.25) is 0 Å². The molecule has 0 aliphatic rings. The molecule has 0 spiro atoms. The molecule has 0 atom stereocenters. The summed E-state index contributed by atoms with van der Waals surface area (Å²) in [6, 6.07) is 1.90. The van der Waals surface area contributed by atoms with Gasteiger partial charge in [0.1, 0.15) is 23.5 Å². The third-order valence-electron chi connectivity index (χ3n) is 2.43. The van der Waals surface area contributed by atoms with Crippen molar-refractivity contribution in [2.75, 3.05) is 31.7 Å². The first-order valence-electron chi connectivity index (χ1n) is 5.36. The van der Waals surface area contributed by atoms with Crippen molar-refractivity contribution in [3.63, 3.8) is 0 Å². The van der Waals surface area contributed by atoms with Crippen molar-refractivity contribution in [1.29, 1.82) is 0 Å². The molecule has 0 radical (unpaired) electrons. The molecule has 0 amide bonds. The van der Waals surface area contributed by atoms with E-state index in [0.29, 0.717) is 19.0 Å². The van der Waals surface area contributed by atoms with E-state index in [-0.39, 0.29) is 6.54 Å². The second-order valence-corrected chi connectivity index (χ2v) is 4.54. The van der Waals surface area contributed by atoms with Crippen LogP contribution < -0.4 is 4.90 Å². The number of methoxy groups -OCH3 is 1. The second kappa shape index (κ2) is 5.74. The van der Waals surface area contributed by atoms with E-state index in [1.54, 1.807) is 12.0 Å². The third-order valence-corrected chi connectivity index (χ3v) is 3.25. The van der Waals surface area contributed by atoms with E-state index in [2.05, 4.69) is 9.97 Å². The number of carbonyl (C=O) groups is 1. The van der Waals surface area contributed by atoms with Crippen molar-refractivity contribution >= 4 is 33.3 Å². The fourth-order valence-corrected chi connectivity index (χ4v) is 2.38. The number of thiophene rings is 1. The fourth-order valence-electron chi connectivity index (χ4n) is 1.65. The van der Waals surface area contributed by atoms with Crippen molar-refractivity contribution in [1.82, 2.24) is 9.97 Å². The van der Waals surface area contributed by atoms with Crippen molar-refractivity contribution in [2.24, 2.45) is 0 Å². The Morgan fingerprint density at radius 2 is 2.39 bits per heavy atom. The molecule has 0 bridgehead atoms. The molecule has 96 valence electrons. The van der Waals surface area contributed by atoms with Gasteiger partial charge in [0.25, 0.3) is 0 Å². The molecule has 0 aromatic carbocycles. The molecule has 0 aliphatic carbocycles. The minimum absolute atomic E-state index is 0.106. The van der Waals surface area contributed by atoms with Crippen LogP contribution in [0.25, 0.3) is 10.2 Å². The van der Waals surface area contributed by atoms with Gasteiger partial charge in [-0.25, -0.2) is 9.97 Å². The molecule has 0 fully saturated rings. The van der Waals surface area contributed by atoms with Crippen molar-refractivity contribution in [2.45, 2.75) is 0 Å². The maximum absolute atomic E-state index is 10.9. The molecule has 2 aromatic rings. The Morgan fingerprint density at radius 1 is 1.56 bits per heavy atom. The van der Waals surface area contributed by atoms with Crippen LogP contribution in [0.15, 0.2) is 17.8 Å². The topological polar surface area (TPSA) is 75.5 Å². The summed E-state index contributed by atoms with van der Waals surface area (Å²) in [6.45, 7) is 0.818. The van der Waals surface area contributed by atoms with E-state index >= 15 is 0 Å². The first-order chi connectivity index (χ1) is 8.72. The lowest BCUT2D eigenvalue weighted by molar-refractivity contribution is -0.135. The first-order valence-corrected chi connectivity index (χ1v) is 6.24. The van der Waals surface area contributed by atoms with E-state index in [0.717, 1.165) is 10.2 Å². The summed E-state index contributed by atoms with van der Waals surface area (Å²) < 4.78 is 4.99. The molecule has 2 heterocycles. The number of hydrogen-bond donors (Lipinski definition) is 1. The second-order valence-electron chi connectivity index (χ2n) is 3.64. The smallest absolute Gasteiger partial charge is 0.323 e. The Kier molecular flexibility index (Phi) is 4.06. The molecule has 2 aromatic heterocycles. The largest absolute Gasteiger partial charge is 0.480 e. The van der Waals surface area contributed by atoms with Gasteiger partial charge in [0.05, 0.1) is 12.0 Å². The molecule has 0 aliphatic heterocycles. The third kappa shape index (κ3) is 2.74. The SMILES string of the molecule is COCCN(CC(=O)O)c1ncnc2sccc12. The number of rotatable bonds is 6. The number of aliphatic carboxylic acids is 1. The molecular formula is C11H13N3O3S. The van der Waals surface area contributed by atoms with Crippen LogP contribution >= 0.6 is 11.3 Å². The summed E-state index contributed by atoms with van der Waals surface area (Å²) in [6.07, 6.45) is 1.45. The van der Waals surface area contributed by atoms with Gasteiger partial charge in [-0.15, -0.1) is 11.3 Å². The zero-order valence-electron chi connectivity index (χ0n) is 9.87. The lowest BCUT2D eigenvalue weighted by Gasteiger charge is -2.21. The predicted molar refractivity (Wildman–Crippen MR) is 69.1 cm³/mol. The number of ether oxygens (including phenoxy) is 1. The van der Waals surface area contributed by atoms with E-state index in [1.807, 2.05) is 11.4 Å². The Balaban J connectivity index is 2.33. The van der Waals surface area contributed by atoms with Crippen molar-refractivity contribution in [3.8, 4) is 0 Å². The summed E-state index contributed by atoms with van der Waals surface area (Å²) in [4.78, 5) is 21.8. The lowest BCUT2D eigenvalue weighted by atomic mass is 10.3. The van der Waals surface area contributed by atoms with Crippen LogP contribution in [0.4, 0.5) is 5.82 Å². The Bertz CT molecular complexity index is 543. The number of aromatic nitrogens is 2. The van der Waals surface area contributed by atoms with Gasteiger partial charge in [-0.3, -0.25) is 4.79 Å². The average molecular weight is 267 g/mol. The number of nitrogens with zero attached hydrogens (tertiary/aromatic N) is 3. The molecule has 0 saturated heterocycles. The number of carboxylic acids is 1. The molecule has 1 N–H and O–H groups in total. The van der Waals surface area contributed by atoms with Gasteiger partial charge < -0.3 is 14.7 Å². The molecule has 2 rings (SSSR count). The van der Waals surface area contributed by atoms with E-state index in [1.165, 1.54) is 17.7 Å². The van der Waals surface area contributed by atoms with Gasteiger partial charge >= 0.3 is 5.97 Å². The molecule has 0 unspecified atom stereocenters. The standard InChI is InChI=1S/C11H13N3O3S/c1-17-4-3-14(6-9(15)16)10-8-2-5-18-11(8)13-7-12-10/h2,5,7H,3-4,6H2,1H3,(H,15,16). The average Bonchev–Trinajstić information content (AvgIpc) is 2.82. The van der Waals surface area contributed by atoms with Crippen LogP contribution in [0.3, 0.4) is 0 Å². The maximum Gasteiger partial charge on any atom is 0.323 e. The number of carboxylic acid groups (broad SMARTS) is 1. The highest BCUT2D eigenvalue weighted by molar-refractivity contribution is 7.16. The van der Waals surface area contributed by atoms with Crippen LogP contribution in [-0.4, -0.2) is 47.8 Å². The van der Waals surface area contributed by atoms with Crippen LogP contribution in [0.5, 0.6) is 0 Å². The van der Waals surface area contributed by atoms with Gasteiger partial charge in [0, 0.05) is 13.7 Å². The summed E-state index contributed by atoms with van der Waals surface area (Å²) in [5.74, 6) is -0.256. The summed E-state index contributed by atoms with van der Waals surface area (Å²) in [7, 11) is 1.58. The number of anilines is 1. The number of fused-ring (bicyclic) bond motifs is 1. The van der Waals surface area contributed by atoms with Gasteiger partial charge in [0.15, 0.2) is 0 Å². The van der Waals surface area contributed by atoms with E-state index in [4.69, 9.17) is 9.84 Å². The van der Waals surface area contributed by atoms with Gasteiger partial charge in [-0.1, -0.05) is 0 Å². The quantitative estimate of drug-likeness (QED) is 0.848. The fraction of sp³-hybridized carbons (Fsp3) is 0.364. The Hall–Kier alpha value is -1.73. The zero-order chi connectivity index (χ0) is 13.0. The lowest BCUT2D eigenvalue weighted by Crippen LogP contribution is -2.33. The first kappa shape index (κ1) is 12.7. The van der Waals surface area contributed by atoms with Crippen molar-refractivity contribution in [3.05, 3.63) is 17.8 Å². The van der Waals surface area contributed by atoms with E-state index < -0.39 is 5.97 Å². The summed E-state index contributed by atoms with van der Waals surface area (Å²) >= 11 is 1.51. The summed E-state index contributed by atoms with van der Waals surface area (Å²) in [5, 5.41) is 11.7. The monoisotopic (exact) mass is 267 g/mol. The highest BCUT2D eigenvalue weighted by Gasteiger charge is 2.15. The molecule has 6 nitrogen and oxygen atoms in total. The van der Waals surface area contributed by atoms with Gasteiger partial charge in [-0.2, -0.15) is 0 Å². The van der Waals surface area contributed by atoms with Gasteiger partial charge in [0.2, 0.25) is 0 Å². The van der Waals surface area contributed by atoms with Crippen LogP contribution in [0.1, 0.15) is 0 Å². The Labute approximate surface area is 108 Å². The minimum atomic E-state index is -0.895. The Morgan fingerprint density at radius 3 is 3.11 bits per heavy atom. The van der Waals surface area contributed by atoms with E-state index in [9.17, 15) is 4.79 Å². The van der Waals surface area contributed by atoms with Crippen LogP contribution in [-0.2, 0) is 9.53 Å². The molecule has 7 heteroatoms. The molecule has 0 saturated carbocycles. The molecule has 18 heavy (non-hydrogen) atoms. The minimum Gasteiger partial charge on any atom is -0.480 e. The van der Waals surface area contributed by atoms with Gasteiger partial charge in [-0.05, 0) is 11.4 Å². The number of hydrogen-bond acceptors (Lipinski definition) is 6. The highest BCUT2D eigenvalue weighted by atomic mass is 32.1. The van der Waals surface area contributed by atoms with Crippen molar-refractivity contribution < 1.29 is 14.6 Å². The summed E-state index contributed by atoms with van der Waals surface area (Å²) in [5.41, 5.74) is 0. The zero-order valence-corrected chi connectivity index (χ0v) is 10.7. The maximum atomic E-state index is 10.9. The highest BCUT2D eigenvalue weighted by Crippen LogP contribution is 2.26. The predicted octanol–water partition coefficient (Wildman–Crippen LogP) is 1.23. The van der Waals surface area contributed by atoms with Crippen LogP contribution in [0, 0.1) is 0 Å². The molecular weight excluding hydrogens is 254 g/mol.